The summed E-state index contributed by atoms with van der Waals surface area (Å²) in [5.41, 5.74) is 7.34. The van der Waals surface area contributed by atoms with E-state index in [4.69, 9.17) is 10.5 Å². The Labute approximate surface area is 145 Å². The van der Waals surface area contributed by atoms with Crippen molar-refractivity contribution >= 4 is 18.3 Å². The molecule has 1 unspecified atom stereocenters. The first-order valence-electron chi connectivity index (χ1n) is 8.21. The van der Waals surface area contributed by atoms with Crippen LogP contribution in [-0.2, 0) is 9.53 Å². The molecule has 1 fully saturated rings. The molecule has 0 aromatic heterocycles. The first-order chi connectivity index (χ1) is 10.7. The molecule has 1 aromatic carbocycles. The van der Waals surface area contributed by atoms with Gasteiger partial charge in [-0.3, -0.25) is 4.79 Å². The third-order valence-electron chi connectivity index (χ3n) is 4.79. The summed E-state index contributed by atoms with van der Waals surface area (Å²) in [4.78, 5) is 12.2. The maximum atomic E-state index is 12.2. The number of hydrogen-bond acceptors (Lipinski definition) is 3. The average molecular weight is 341 g/mol. The number of nitrogens with one attached hydrogen (secondary N) is 1. The first kappa shape index (κ1) is 19.9. The zero-order valence-corrected chi connectivity index (χ0v) is 14.7. The van der Waals surface area contributed by atoms with Crippen LogP contribution in [0.15, 0.2) is 30.3 Å². The van der Waals surface area contributed by atoms with Gasteiger partial charge in [0.2, 0.25) is 5.91 Å². The third kappa shape index (κ3) is 6.13. The highest BCUT2D eigenvalue weighted by atomic mass is 35.5. The van der Waals surface area contributed by atoms with E-state index in [0.717, 1.165) is 25.1 Å². The molecule has 0 heterocycles. The first-order valence-corrected chi connectivity index (χ1v) is 8.21. The predicted molar refractivity (Wildman–Crippen MR) is 95.6 cm³/mol. The van der Waals surface area contributed by atoms with E-state index < -0.39 is 0 Å². The van der Waals surface area contributed by atoms with Crippen molar-refractivity contribution in [3.05, 3.63) is 35.9 Å². The molecule has 0 bridgehead atoms. The molecule has 1 saturated carbocycles. The van der Waals surface area contributed by atoms with Crippen LogP contribution < -0.4 is 11.1 Å². The Morgan fingerprint density at radius 1 is 1.30 bits per heavy atom. The number of ether oxygens (including phenoxy) is 1. The van der Waals surface area contributed by atoms with Gasteiger partial charge in [0.15, 0.2) is 0 Å². The highest BCUT2D eigenvalue weighted by Gasteiger charge is 2.33. The van der Waals surface area contributed by atoms with Gasteiger partial charge in [0.1, 0.15) is 0 Å². The van der Waals surface area contributed by atoms with Crippen molar-refractivity contribution in [1.29, 1.82) is 0 Å². The van der Waals surface area contributed by atoms with Crippen molar-refractivity contribution in [2.24, 2.45) is 11.1 Å². The molecule has 0 aliphatic heterocycles. The Bertz CT molecular complexity index is 461. The zero-order valence-electron chi connectivity index (χ0n) is 13.9. The molecule has 0 radical (unpaired) electrons. The molecule has 1 aromatic rings. The van der Waals surface area contributed by atoms with Gasteiger partial charge in [0, 0.05) is 32.7 Å². The number of nitrogens with two attached hydrogens (primary N) is 1. The number of carbonyl (C=O) groups is 1. The number of amides is 1. The van der Waals surface area contributed by atoms with Crippen molar-refractivity contribution < 1.29 is 9.53 Å². The van der Waals surface area contributed by atoms with Crippen molar-refractivity contribution in [2.45, 2.75) is 44.6 Å². The van der Waals surface area contributed by atoms with E-state index in [-0.39, 0.29) is 29.8 Å². The number of hydrogen-bond donors (Lipinski definition) is 2. The maximum Gasteiger partial charge on any atom is 0.221 e. The van der Waals surface area contributed by atoms with Gasteiger partial charge in [-0.1, -0.05) is 43.2 Å². The van der Waals surface area contributed by atoms with Crippen molar-refractivity contribution in [1.82, 2.24) is 5.32 Å². The highest BCUT2D eigenvalue weighted by Crippen LogP contribution is 2.40. The van der Waals surface area contributed by atoms with Crippen molar-refractivity contribution in [2.75, 3.05) is 20.3 Å². The number of rotatable bonds is 8. The zero-order chi connectivity index (χ0) is 15.8. The molecule has 0 spiro atoms. The van der Waals surface area contributed by atoms with E-state index >= 15 is 0 Å². The SMILES string of the molecule is COCCC1(CNC(=O)CC(N)c2ccccc2)CCCC1.Cl. The minimum atomic E-state index is -0.236. The Hall–Kier alpha value is -1.10. The summed E-state index contributed by atoms with van der Waals surface area (Å²) in [6.07, 6.45) is 6.23. The molecule has 1 atom stereocenters. The fourth-order valence-electron chi connectivity index (χ4n) is 3.33. The average Bonchev–Trinajstić information content (AvgIpc) is 3.01. The van der Waals surface area contributed by atoms with E-state index in [9.17, 15) is 4.79 Å². The molecule has 1 aliphatic carbocycles. The van der Waals surface area contributed by atoms with Gasteiger partial charge in [-0.2, -0.15) is 0 Å². The minimum Gasteiger partial charge on any atom is -0.385 e. The van der Waals surface area contributed by atoms with Crippen LogP contribution in [-0.4, -0.2) is 26.2 Å². The smallest absolute Gasteiger partial charge is 0.221 e. The largest absolute Gasteiger partial charge is 0.385 e. The second kappa shape index (κ2) is 9.91. The van der Waals surface area contributed by atoms with Gasteiger partial charge < -0.3 is 15.8 Å². The summed E-state index contributed by atoms with van der Waals surface area (Å²) in [7, 11) is 1.74. The highest BCUT2D eigenvalue weighted by molar-refractivity contribution is 5.85. The Morgan fingerprint density at radius 2 is 1.96 bits per heavy atom. The summed E-state index contributed by atoms with van der Waals surface area (Å²) >= 11 is 0. The molecule has 5 heteroatoms. The molecule has 2 rings (SSSR count). The van der Waals surface area contributed by atoms with Gasteiger partial charge in [-0.25, -0.2) is 0 Å². The molecule has 1 aliphatic rings. The lowest BCUT2D eigenvalue weighted by Crippen LogP contribution is -2.37. The monoisotopic (exact) mass is 340 g/mol. The van der Waals surface area contributed by atoms with E-state index in [2.05, 4.69) is 5.32 Å². The number of benzene rings is 1. The van der Waals surface area contributed by atoms with Crippen LogP contribution in [0.3, 0.4) is 0 Å². The Morgan fingerprint density at radius 3 is 2.57 bits per heavy atom. The molecule has 1 amide bonds. The summed E-state index contributed by atoms with van der Waals surface area (Å²) in [5.74, 6) is 0.0417. The number of halogens is 1. The lowest BCUT2D eigenvalue weighted by atomic mass is 9.83. The van der Waals surface area contributed by atoms with Gasteiger partial charge >= 0.3 is 0 Å². The second-order valence-electron chi connectivity index (χ2n) is 6.45. The fraction of sp³-hybridized carbons (Fsp3) is 0.611. The molecular weight excluding hydrogens is 312 g/mol. The molecule has 3 N–H and O–H groups in total. The standard InChI is InChI=1S/C18H28N2O2.ClH/c1-22-12-11-18(9-5-6-10-18)14-20-17(21)13-16(19)15-7-3-2-4-8-15;/h2-4,7-8,16H,5-6,9-14,19H2,1H3,(H,20,21);1H. The quantitative estimate of drug-likeness (QED) is 0.763. The van der Waals surface area contributed by atoms with Crippen LogP contribution >= 0.6 is 12.4 Å². The van der Waals surface area contributed by atoms with Crippen LogP contribution in [0.4, 0.5) is 0 Å². The van der Waals surface area contributed by atoms with E-state index in [1.807, 2.05) is 30.3 Å². The lowest BCUT2D eigenvalue weighted by molar-refractivity contribution is -0.122. The van der Waals surface area contributed by atoms with Gasteiger partial charge in [-0.15, -0.1) is 12.4 Å². The lowest BCUT2D eigenvalue weighted by Gasteiger charge is -2.29. The van der Waals surface area contributed by atoms with Gasteiger partial charge in [0.05, 0.1) is 0 Å². The van der Waals surface area contributed by atoms with Gasteiger partial charge in [0.25, 0.3) is 0 Å². The van der Waals surface area contributed by atoms with E-state index in [0.29, 0.717) is 6.42 Å². The predicted octanol–water partition coefficient (Wildman–Crippen LogP) is 3.21. The van der Waals surface area contributed by atoms with Crippen LogP contribution in [0.25, 0.3) is 0 Å². The van der Waals surface area contributed by atoms with E-state index in [1.54, 1.807) is 7.11 Å². The molecule has 4 nitrogen and oxygen atoms in total. The normalized spacial score (nSPS) is 17.3. The Balaban J connectivity index is 0.00000264. The van der Waals surface area contributed by atoms with Crippen molar-refractivity contribution in [3.8, 4) is 0 Å². The van der Waals surface area contributed by atoms with Crippen molar-refractivity contribution in [3.63, 3.8) is 0 Å². The molecule has 0 saturated heterocycles. The van der Waals surface area contributed by atoms with Gasteiger partial charge in [-0.05, 0) is 30.2 Å². The molecule has 23 heavy (non-hydrogen) atoms. The maximum absolute atomic E-state index is 12.2. The van der Waals surface area contributed by atoms with Crippen LogP contribution in [0.1, 0.15) is 50.1 Å². The van der Waals surface area contributed by atoms with Crippen LogP contribution in [0.2, 0.25) is 0 Å². The second-order valence-corrected chi connectivity index (χ2v) is 6.45. The minimum absolute atomic E-state index is 0. The number of carbonyl (C=O) groups excluding carboxylic acids is 1. The molecular formula is C18H29ClN2O2. The number of methoxy groups -OCH3 is 1. The van der Waals surface area contributed by atoms with Crippen LogP contribution in [0.5, 0.6) is 0 Å². The summed E-state index contributed by atoms with van der Waals surface area (Å²) in [6.45, 7) is 1.51. The summed E-state index contributed by atoms with van der Waals surface area (Å²) in [6, 6.07) is 9.55. The van der Waals surface area contributed by atoms with Crippen LogP contribution in [0, 0.1) is 5.41 Å². The summed E-state index contributed by atoms with van der Waals surface area (Å²) in [5, 5.41) is 3.10. The summed E-state index contributed by atoms with van der Waals surface area (Å²) < 4.78 is 5.23. The fourth-order valence-corrected chi connectivity index (χ4v) is 3.33. The molecule has 130 valence electrons. The topological polar surface area (TPSA) is 64.3 Å². The third-order valence-corrected chi connectivity index (χ3v) is 4.79. The van der Waals surface area contributed by atoms with E-state index in [1.165, 1.54) is 25.7 Å². The Kier molecular flexibility index (Phi) is 8.59.